The Balaban J connectivity index is 1.83. The minimum absolute atomic E-state index is 0.238. The average Bonchev–Trinajstić information content (AvgIpc) is 3.39. The third-order valence-corrected chi connectivity index (χ3v) is 13.0. The second-order valence-electron chi connectivity index (χ2n) is 19.3. The first-order valence-corrected chi connectivity index (χ1v) is 28.0. The molecule has 1 amide bonds. The van der Waals surface area contributed by atoms with Crippen LogP contribution in [0.1, 0.15) is 174 Å². The smallest absolute Gasteiger partial charge is 0.220 e. The largest absolute Gasteiger partial charge is 0.394 e. The fourth-order valence-corrected chi connectivity index (χ4v) is 8.48. The Bertz CT molecular complexity index is 1590. The Hall–Kier alpha value is -3.09. The van der Waals surface area contributed by atoms with Gasteiger partial charge in [0.15, 0.2) is 12.6 Å². The molecule has 0 aromatic rings. The van der Waals surface area contributed by atoms with Crippen LogP contribution in [0, 0.1) is 0 Å². The van der Waals surface area contributed by atoms with Gasteiger partial charge < -0.3 is 65.1 Å². The van der Waals surface area contributed by atoms with E-state index < -0.39 is 86.8 Å². The Morgan fingerprint density at radius 2 is 0.959 bits per heavy atom. The fourth-order valence-electron chi connectivity index (χ4n) is 8.48. The van der Waals surface area contributed by atoms with Crippen LogP contribution in [0.25, 0.3) is 0 Å². The molecule has 14 heteroatoms. The average molecular weight is 1030 g/mol. The molecule has 12 unspecified atom stereocenters. The molecular formula is C59H99NO13. The van der Waals surface area contributed by atoms with E-state index in [0.29, 0.717) is 12.8 Å². The number of hydrogen-bond acceptors (Lipinski definition) is 13. The van der Waals surface area contributed by atoms with Crippen LogP contribution in [-0.4, -0.2) is 140 Å². The predicted octanol–water partition coefficient (Wildman–Crippen LogP) is 8.71. The number of hydrogen-bond donors (Lipinski definition) is 9. The summed E-state index contributed by atoms with van der Waals surface area (Å²) in [5.41, 5.74) is 0. The van der Waals surface area contributed by atoms with Gasteiger partial charge in [-0.15, -0.1) is 0 Å². The topological polar surface area (TPSA) is 228 Å². The van der Waals surface area contributed by atoms with Gasteiger partial charge in [0, 0.05) is 6.42 Å². The molecule has 12 atom stereocenters. The summed E-state index contributed by atoms with van der Waals surface area (Å²) in [5.74, 6) is -0.278. The molecule has 2 rings (SSSR count). The normalized spacial score (nSPS) is 26.2. The number of aliphatic hydroxyl groups excluding tert-OH is 8. The van der Waals surface area contributed by atoms with Gasteiger partial charge >= 0.3 is 0 Å². The van der Waals surface area contributed by atoms with Crippen LogP contribution in [0.4, 0.5) is 0 Å². The van der Waals surface area contributed by atoms with Crippen molar-refractivity contribution in [1.29, 1.82) is 0 Å². The SMILES string of the molecule is CC/C=C\C/C=C\C/C=C\C/C=C\C/C=C\C/C=C\CCCCCCC(=O)NC(COC1OC(CO)C(OC2OC(CO)C(O)C(O)C2O)C(O)C1O)C(O)/C=C/CC/C=C/CCCCCCCCCCCC. The minimum Gasteiger partial charge on any atom is -0.394 e. The van der Waals surface area contributed by atoms with Crippen molar-refractivity contribution in [3.8, 4) is 0 Å². The maximum absolute atomic E-state index is 13.2. The third kappa shape index (κ3) is 30.3. The molecule has 73 heavy (non-hydrogen) atoms. The van der Waals surface area contributed by atoms with Crippen molar-refractivity contribution in [1.82, 2.24) is 5.32 Å². The van der Waals surface area contributed by atoms with E-state index in [1.54, 1.807) is 6.08 Å². The first kappa shape index (κ1) is 66.0. The Kier molecular flexibility index (Phi) is 39.9. The number of carbonyl (C=O) groups is 1. The number of aliphatic hydroxyl groups is 8. The van der Waals surface area contributed by atoms with E-state index in [-0.39, 0.29) is 18.9 Å². The van der Waals surface area contributed by atoms with Crippen LogP contribution in [0.2, 0.25) is 0 Å². The lowest BCUT2D eigenvalue weighted by Crippen LogP contribution is -2.65. The summed E-state index contributed by atoms with van der Waals surface area (Å²) < 4.78 is 22.7. The van der Waals surface area contributed by atoms with Gasteiger partial charge in [-0.3, -0.25) is 4.79 Å². The lowest BCUT2D eigenvalue weighted by atomic mass is 9.97. The molecule has 0 aromatic heterocycles. The van der Waals surface area contributed by atoms with Crippen LogP contribution in [-0.2, 0) is 23.7 Å². The van der Waals surface area contributed by atoms with Crippen molar-refractivity contribution in [3.05, 3.63) is 97.2 Å². The Morgan fingerprint density at radius 1 is 0.507 bits per heavy atom. The number of unbranched alkanes of at least 4 members (excludes halogenated alkanes) is 15. The monoisotopic (exact) mass is 1030 g/mol. The van der Waals surface area contributed by atoms with Crippen molar-refractivity contribution in [2.75, 3.05) is 19.8 Å². The molecule has 418 valence electrons. The van der Waals surface area contributed by atoms with Crippen LogP contribution in [0.15, 0.2) is 97.2 Å². The van der Waals surface area contributed by atoms with Gasteiger partial charge in [-0.25, -0.2) is 0 Å². The lowest BCUT2D eigenvalue weighted by Gasteiger charge is -2.46. The zero-order chi connectivity index (χ0) is 53.2. The van der Waals surface area contributed by atoms with Crippen LogP contribution in [0.3, 0.4) is 0 Å². The highest BCUT2D eigenvalue weighted by molar-refractivity contribution is 5.76. The molecule has 2 fully saturated rings. The molecular weight excluding hydrogens is 931 g/mol. The summed E-state index contributed by atoms with van der Waals surface area (Å²) in [6.45, 7) is 2.62. The predicted molar refractivity (Wildman–Crippen MR) is 290 cm³/mol. The standard InChI is InChI=1S/C59H99NO13/c1-3-5-7-9-11-13-15-17-19-21-22-23-24-25-26-27-29-31-33-35-37-39-41-43-51(64)60-47(48(63)42-40-38-36-34-32-30-28-20-18-16-14-12-10-8-6-4-2)46-70-58-56(69)54(67)57(50(45-62)72-58)73-59-55(68)53(66)52(65)49(44-61)71-59/h5,7,11,13,17,19,22-23,25-26,29,31-32,34,40,42,47-50,52-59,61-63,65-69H,3-4,6,8-10,12,14-16,18,20-21,24,27-28,30,33,35-39,41,43-46H2,1-2H3,(H,60,64)/b7-5-,13-11-,19-17-,23-22-,26-25-,31-29-,34-32+,42-40+. The fraction of sp³-hybridized carbons (Fsp3) is 0.712. The first-order chi connectivity index (χ1) is 35.6. The molecule has 9 N–H and O–H groups in total. The summed E-state index contributed by atoms with van der Waals surface area (Å²) in [6.07, 6.45) is 42.9. The Labute approximate surface area is 439 Å². The number of ether oxygens (including phenoxy) is 4. The molecule has 0 radical (unpaired) electrons. The van der Waals surface area contributed by atoms with Crippen molar-refractivity contribution in [2.24, 2.45) is 0 Å². The zero-order valence-corrected chi connectivity index (χ0v) is 44.6. The first-order valence-electron chi connectivity index (χ1n) is 28.0. The summed E-state index contributed by atoms with van der Waals surface area (Å²) >= 11 is 0. The molecule has 0 saturated carbocycles. The minimum atomic E-state index is -1.80. The van der Waals surface area contributed by atoms with Gasteiger partial charge in [0.2, 0.25) is 5.91 Å². The highest BCUT2D eigenvalue weighted by Crippen LogP contribution is 2.30. The molecule has 0 aliphatic carbocycles. The van der Waals surface area contributed by atoms with Crippen LogP contribution < -0.4 is 5.32 Å². The van der Waals surface area contributed by atoms with E-state index in [1.165, 1.54) is 64.2 Å². The molecule has 0 aromatic carbocycles. The van der Waals surface area contributed by atoms with Gasteiger partial charge in [-0.05, 0) is 83.5 Å². The van der Waals surface area contributed by atoms with Gasteiger partial charge in [-0.1, -0.05) is 182 Å². The van der Waals surface area contributed by atoms with Crippen molar-refractivity contribution in [3.63, 3.8) is 0 Å². The second-order valence-corrected chi connectivity index (χ2v) is 19.3. The van der Waals surface area contributed by atoms with Gasteiger partial charge in [0.25, 0.3) is 0 Å². The Morgan fingerprint density at radius 3 is 1.51 bits per heavy atom. The molecule has 2 saturated heterocycles. The second kappa shape index (κ2) is 44.1. The number of allylic oxidation sites excluding steroid dienone is 15. The molecule has 0 spiro atoms. The quantitative estimate of drug-likeness (QED) is 0.0206. The van der Waals surface area contributed by atoms with Crippen molar-refractivity contribution < 1.29 is 64.6 Å². The van der Waals surface area contributed by atoms with E-state index in [9.17, 15) is 45.6 Å². The van der Waals surface area contributed by atoms with E-state index in [2.05, 4.69) is 104 Å². The molecule has 14 nitrogen and oxygen atoms in total. The van der Waals surface area contributed by atoms with E-state index in [1.807, 2.05) is 6.08 Å². The van der Waals surface area contributed by atoms with Crippen LogP contribution in [0.5, 0.6) is 0 Å². The van der Waals surface area contributed by atoms with E-state index >= 15 is 0 Å². The highest BCUT2D eigenvalue weighted by Gasteiger charge is 2.51. The third-order valence-electron chi connectivity index (χ3n) is 13.0. The van der Waals surface area contributed by atoms with Gasteiger partial charge in [-0.2, -0.15) is 0 Å². The van der Waals surface area contributed by atoms with Gasteiger partial charge in [0.05, 0.1) is 32.0 Å². The molecule has 2 aliphatic heterocycles. The number of rotatable bonds is 42. The van der Waals surface area contributed by atoms with Crippen molar-refractivity contribution >= 4 is 5.91 Å². The van der Waals surface area contributed by atoms with Gasteiger partial charge in [0.1, 0.15) is 48.8 Å². The summed E-state index contributed by atoms with van der Waals surface area (Å²) in [4.78, 5) is 13.2. The molecule has 2 aliphatic rings. The number of carbonyl (C=O) groups excluding carboxylic acids is 1. The summed E-state index contributed by atoms with van der Waals surface area (Å²) in [5, 5.41) is 86.9. The molecule has 0 bridgehead atoms. The maximum Gasteiger partial charge on any atom is 0.220 e. The van der Waals surface area contributed by atoms with Crippen molar-refractivity contribution in [2.45, 2.75) is 248 Å². The highest BCUT2D eigenvalue weighted by atomic mass is 16.7. The zero-order valence-electron chi connectivity index (χ0n) is 44.6. The number of nitrogens with one attached hydrogen (secondary N) is 1. The molecule has 2 heterocycles. The lowest BCUT2D eigenvalue weighted by molar-refractivity contribution is -0.359. The van der Waals surface area contributed by atoms with Crippen LogP contribution >= 0.6 is 0 Å². The maximum atomic E-state index is 13.2. The summed E-state index contributed by atoms with van der Waals surface area (Å²) in [6, 6.07) is -0.952. The van der Waals surface area contributed by atoms with E-state index in [4.69, 9.17) is 18.9 Å². The number of amides is 1. The van der Waals surface area contributed by atoms with E-state index in [0.717, 1.165) is 77.0 Å². The summed E-state index contributed by atoms with van der Waals surface area (Å²) in [7, 11) is 0.